The van der Waals surface area contributed by atoms with E-state index >= 15 is 0 Å². The molecule has 0 bridgehead atoms. The first-order chi connectivity index (χ1) is 14.0. The number of hydrogen-bond donors (Lipinski definition) is 1. The third kappa shape index (κ3) is 3.59. The highest BCUT2D eigenvalue weighted by molar-refractivity contribution is 7.99. The molecule has 0 spiro atoms. The molecule has 0 saturated heterocycles. The van der Waals surface area contributed by atoms with Crippen molar-refractivity contribution in [1.29, 1.82) is 0 Å². The average Bonchev–Trinajstić information content (AvgIpc) is 2.70. The molecule has 6 heteroatoms. The summed E-state index contributed by atoms with van der Waals surface area (Å²) in [5.41, 5.74) is 1.83. The second-order valence-corrected chi connectivity index (χ2v) is 7.87. The normalized spacial score (nSPS) is 11.1. The monoisotopic (exact) mass is 405 g/mol. The van der Waals surface area contributed by atoms with E-state index in [0.717, 1.165) is 23.0 Å². The Morgan fingerprint density at radius 3 is 2.41 bits per heavy atom. The van der Waals surface area contributed by atoms with E-state index in [0.29, 0.717) is 27.3 Å². The second-order valence-electron chi connectivity index (χ2n) is 6.82. The van der Waals surface area contributed by atoms with Crippen LogP contribution in [0.4, 0.5) is 0 Å². The molecule has 4 rings (SSSR count). The molecule has 2 aromatic heterocycles. The minimum absolute atomic E-state index is 0.0711. The van der Waals surface area contributed by atoms with Crippen molar-refractivity contribution in [3.05, 3.63) is 98.3 Å². The van der Waals surface area contributed by atoms with E-state index in [1.54, 1.807) is 41.8 Å². The molecule has 0 atom stereocenters. The van der Waals surface area contributed by atoms with Crippen molar-refractivity contribution in [2.45, 2.75) is 30.2 Å². The van der Waals surface area contributed by atoms with Crippen LogP contribution >= 0.6 is 11.8 Å². The second kappa shape index (κ2) is 7.64. The first-order valence-electron chi connectivity index (χ1n) is 9.13. The molecule has 0 fully saturated rings. The van der Waals surface area contributed by atoms with Gasteiger partial charge in [0.15, 0.2) is 0 Å². The number of pyridine rings is 1. The minimum atomic E-state index is -0.525. The maximum atomic E-state index is 13.3. The van der Waals surface area contributed by atoms with Gasteiger partial charge in [0.05, 0.1) is 16.8 Å². The lowest BCUT2D eigenvalue weighted by atomic mass is 10.1. The number of aryl methyl sites for hydroxylation is 2. The summed E-state index contributed by atoms with van der Waals surface area (Å²) >= 11 is 1.10. The molecule has 1 N–H and O–H groups in total. The van der Waals surface area contributed by atoms with Crippen molar-refractivity contribution >= 4 is 22.7 Å². The molecule has 0 saturated carbocycles. The SMILES string of the molecule is Cc1c(Sc2ccccc2O)c(=O)oc2cc(C)n(Cc3ccccc3)c(=O)c12. The minimum Gasteiger partial charge on any atom is -0.507 e. The predicted molar refractivity (Wildman–Crippen MR) is 114 cm³/mol. The number of rotatable bonds is 4. The number of phenolic OH excluding ortho intramolecular Hbond substituents is 1. The zero-order valence-corrected chi connectivity index (χ0v) is 16.8. The molecule has 0 aliphatic rings. The van der Waals surface area contributed by atoms with Gasteiger partial charge in [0.1, 0.15) is 16.2 Å². The van der Waals surface area contributed by atoms with Gasteiger partial charge in [-0.05, 0) is 37.1 Å². The van der Waals surface area contributed by atoms with Crippen LogP contribution in [0, 0.1) is 13.8 Å². The molecule has 5 nitrogen and oxygen atoms in total. The summed E-state index contributed by atoms with van der Waals surface area (Å²) in [6, 6.07) is 18.2. The summed E-state index contributed by atoms with van der Waals surface area (Å²) in [5, 5.41) is 10.4. The number of fused-ring (bicyclic) bond motifs is 1. The summed E-state index contributed by atoms with van der Waals surface area (Å²) in [6.45, 7) is 4.00. The molecule has 146 valence electrons. The number of aromatic hydroxyl groups is 1. The maximum absolute atomic E-state index is 13.3. The van der Waals surface area contributed by atoms with Crippen molar-refractivity contribution < 1.29 is 9.52 Å². The first kappa shape index (κ1) is 19.1. The number of phenols is 1. The fraction of sp³-hybridized carbons (Fsp3) is 0.130. The molecule has 29 heavy (non-hydrogen) atoms. The quantitative estimate of drug-likeness (QED) is 0.542. The van der Waals surface area contributed by atoms with E-state index in [4.69, 9.17) is 4.42 Å². The summed E-state index contributed by atoms with van der Waals surface area (Å²) in [7, 11) is 0. The van der Waals surface area contributed by atoms with Crippen molar-refractivity contribution in [2.24, 2.45) is 0 Å². The standard InChI is InChI=1S/C23H19NO4S/c1-14-12-18-20(22(26)24(14)13-16-8-4-3-5-9-16)15(2)21(23(27)28-18)29-19-11-7-6-10-17(19)25/h3-12,25H,13H2,1-2H3. The zero-order chi connectivity index (χ0) is 20.5. The molecule has 0 aliphatic heterocycles. The lowest BCUT2D eigenvalue weighted by molar-refractivity contribution is 0.462. The Hall–Kier alpha value is -3.25. The molecule has 0 amide bonds. The number of aromatic nitrogens is 1. The summed E-state index contributed by atoms with van der Waals surface area (Å²) in [4.78, 5) is 26.7. The third-order valence-electron chi connectivity index (χ3n) is 4.84. The Morgan fingerprint density at radius 1 is 1.00 bits per heavy atom. The Labute approximate surface area is 171 Å². The van der Waals surface area contributed by atoms with Crippen LogP contribution in [0.25, 0.3) is 11.0 Å². The topological polar surface area (TPSA) is 72.4 Å². The van der Waals surface area contributed by atoms with Gasteiger partial charge in [-0.2, -0.15) is 0 Å². The van der Waals surface area contributed by atoms with Crippen LogP contribution in [0.5, 0.6) is 5.75 Å². The van der Waals surface area contributed by atoms with E-state index in [1.807, 2.05) is 37.3 Å². The van der Waals surface area contributed by atoms with Gasteiger partial charge in [0.2, 0.25) is 0 Å². The first-order valence-corrected chi connectivity index (χ1v) is 9.95. The van der Waals surface area contributed by atoms with Gasteiger partial charge in [-0.15, -0.1) is 0 Å². The number of hydrogen-bond acceptors (Lipinski definition) is 5. The Bertz CT molecular complexity index is 1320. The number of para-hydroxylation sites is 1. The molecule has 4 aromatic rings. The van der Waals surface area contributed by atoms with Gasteiger partial charge >= 0.3 is 5.63 Å². The van der Waals surface area contributed by atoms with E-state index < -0.39 is 5.63 Å². The lowest BCUT2D eigenvalue weighted by Crippen LogP contribution is -2.24. The smallest absolute Gasteiger partial charge is 0.350 e. The van der Waals surface area contributed by atoms with Gasteiger partial charge < -0.3 is 14.1 Å². The Morgan fingerprint density at radius 2 is 1.69 bits per heavy atom. The Kier molecular flexibility index (Phi) is 5.03. The molecule has 0 unspecified atom stereocenters. The zero-order valence-electron chi connectivity index (χ0n) is 16.0. The van der Waals surface area contributed by atoms with E-state index in [1.165, 1.54) is 0 Å². The van der Waals surface area contributed by atoms with Crippen molar-refractivity contribution in [3.63, 3.8) is 0 Å². The summed E-state index contributed by atoms with van der Waals surface area (Å²) in [6.07, 6.45) is 0. The summed E-state index contributed by atoms with van der Waals surface area (Å²) < 4.78 is 7.16. The van der Waals surface area contributed by atoms with Gasteiger partial charge in [0.25, 0.3) is 5.56 Å². The van der Waals surface area contributed by atoms with E-state index in [-0.39, 0.29) is 16.9 Å². The number of nitrogens with zero attached hydrogens (tertiary/aromatic N) is 1. The fourth-order valence-corrected chi connectivity index (χ4v) is 4.23. The van der Waals surface area contributed by atoms with Gasteiger partial charge in [-0.25, -0.2) is 4.79 Å². The molecule has 0 aliphatic carbocycles. The average molecular weight is 405 g/mol. The summed E-state index contributed by atoms with van der Waals surface area (Å²) in [5.74, 6) is 0.0711. The van der Waals surface area contributed by atoms with Crippen LogP contribution in [0.15, 0.2) is 84.5 Å². The van der Waals surface area contributed by atoms with E-state index in [2.05, 4.69) is 0 Å². The van der Waals surface area contributed by atoms with Crippen molar-refractivity contribution in [2.75, 3.05) is 0 Å². The molecular weight excluding hydrogens is 386 g/mol. The van der Waals surface area contributed by atoms with Crippen LogP contribution in [0.1, 0.15) is 16.8 Å². The maximum Gasteiger partial charge on any atom is 0.350 e. The fourth-order valence-electron chi connectivity index (χ4n) is 3.31. The largest absolute Gasteiger partial charge is 0.507 e. The van der Waals surface area contributed by atoms with Crippen molar-refractivity contribution in [1.82, 2.24) is 4.57 Å². The third-order valence-corrected chi connectivity index (χ3v) is 6.08. The van der Waals surface area contributed by atoms with Crippen LogP contribution < -0.4 is 11.2 Å². The van der Waals surface area contributed by atoms with Crippen LogP contribution in [0.2, 0.25) is 0 Å². The van der Waals surface area contributed by atoms with Crippen LogP contribution in [-0.4, -0.2) is 9.67 Å². The predicted octanol–water partition coefficient (Wildman–Crippen LogP) is 4.48. The highest BCUT2D eigenvalue weighted by atomic mass is 32.2. The Balaban J connectivity index is 1.89. The molecule has 2 aromatic carbocycles. The van der Waals surface area contributed by atoms with Crippen molar-refractivity contribution in [3.8, 4) is 5.75 Å². The van der Waals surface area contributed by atoms with Crippen LogP contribution in [0.3, 0.4) is 0 Å². The molecule has 0 radical (unpaired) electrons. The molecular formula is C23H19NO4S. The number of benzene rings is 2. The lowest BCUT2D eigenvalue weighted by Gasteiger charge is -2.14. The van der Waals surface area contributed by atoms with Crippen LogP contribution in [-0.2, 0) is 6.54 Å². The van der Waals surface area contributed by atoms with Gasteiger partial charge in [0, 0.05) is 11.8 Å². The molecule has 2 heterocycles. The van der Waals surface area contributed by atoms with Gasteiger partial charge in [-0.3, -0.25) is 4.79 Å². The highest BCUT2D eigenvalue weighted by Gasteiger charge is 2.18. The highest BCUT2D eigenvalue weighted by Crippen LogP contribution is 2.35. The van der Waals surface area contributed by atoms with E-state index in [9.17, 15) is 14.7 Å². The van der Waals surface area contributed by atoms with Gasteiger partial charge in [-0.1, -0.05) is 54.2 Å².